The molecule has 0 radical (unpaired) electrons. The molecule has 0 spiro atoms. The maximum atomic E-state index is 11.2. The molecule has 4 heteroatoms. The van der Waals surface area contributed by atoms with Crippen LogP contribution in [0, 0.1) is 18.3 Å². The molecule has 1 heterocycles. The van der Waals surface area contributed by atoms with Crippen molar-refractivity contribution < 1.29 is 9.53 Å². The van der Waals surface area contributed by atoms with Crippen molar-refractivity contribution in [3.05, 3.63) is 29.1 Å². The molecule has 78 valence electrons. The van der Waals surface area contributed by atoms with E-state index < -0.39 is 0 Å². The summed E-state index contributed by atoms with van der Waals surface area (Å²) in [5.74, 6) is -0.299. The van der Waals surface area contributed by atoms with E-state index in [2.05, 4.69) is 4.98 Å². The summed E-state index contributed by atoms with van der Waals surface area (Å²) in [7, 11) is 0. The van der Waals surface area contributed by atoms with Crippen LogP contribution in [0.25, 0.3) is 0 Å². The Labute approximate surface area is 88.5 Å². The fraction of sp³-hybridized carbons (Fsp3) is 0.364. The van der Waals surface area contributed by atoms with Crippen molar-refractivity contribution in [3.8, 4) is 6.07 Å². The molecular formula is C11H12N2O2. The predicted molar refractivity (Wildman–Crippen MR) is 54.0 cm³/mol. The summed E-state index contributed by atoms with van der Waals surface area (Å²) in [5, 5.41) is 8.77. The average molecular weight is 204 g/mol. The van der Waals surface area contributed by atoms with Crippen LogP contribution in [0.1, 0.15) is 23.7 Å². The van der Waals surface area contributed by atoms with Crippen LogP contribution in [0.5, 0.6) is 0 Å². The van der Waals surface area contributed by atoms with Gasteiger partial charge in [0, 0.05) is 6.20 Å². The summed E-state index contributed by atoms with van der Waals surface area (Å²) in [6, 6.07) is 3.69. The molecular weight excluding hydrogens is 192 g/mol. The number of carbonyl (C=O) groups excluding carboxylic acids is 1. The summed E-state index contributed by atoms with van der Waals surface area (Å²) in [4.78, 5) is 15.2. The van der Waals surface area contributed by atoms with Crippen molar-refractivity contribution in [1.29, 1.82) is 5.26 Å². The number of pyridine rings is 1. The van der Waals surface area contributed by atoms with Gasteiger partial charge in [0.25, 0.3) is 0 Å². The maximum absolute atomic E-state index is 11.2. The highest BCUT2D eigenvalue weighted by Gasteiger charge is 2.06. The highest BCUT2D eigenvalue weighted by molar-refractivity contribution is 5.72. The first-order chi connectivity index (χ1) is 7.17. The van der Waals surface area contributed by atoms with E-state index in [-0.39, 0.29) is 12.4 Å². The number of hydrogen-bond donors (Lipinski definition) is 0. The van der Waals surface area contributed by atoms with Crippen LogP contribution in [-0.2, 0) is 16.0 Å². The Morgan fingerprint density at radius 2 is 2.40 bits per heavy atom. The number of aryl methyl sites for hydroxylation is 1. The summed E-state index contributed by atoms with van der Waals surface area (Å²) in [5.41, 5.74) is 1.87. The van der Waals surface area contributed by atoms with E-state index in [9.17, 15) is 4.79 Å². The third kappa shape index (κ3) is 3.06. The van der Waals surface area contributed by atoms with Crippen molar-refractivity contribution in [1.82, 2.24) is 4.98 Å². The second-order valence-electron chi connectivity index (χ2n) is 3.07. The van der Waals surface area contributed by atoms with Gasteiger partial charge in [-0.3, -0.25) is 9.78 Å². The molecule has 0 aliphatic rings. The molecule has 1 rings (SSSR count). The number of hydrogen-bond acceptors (Lipinski definition) is 4. The maximum Gasteiger partial charge on any atom is 0.310 e. The van der Waals surface area contributed by atoms with Crippen molar-refractivity contribution in [2.24, 2.45) is 0 Å². The topological polar surface area (TPSA) is 63.0 Å². The van der Waals surface area contributed by atoms with Crippen molar-refractivity contribution in [3.63, 3.8) is 0 Å². The smallest absolute Gasteiger partial charge is 0.310 e. The van der Waals surface area contributed by atoms with Crippen molar-refractivity contribution in [2.75, 3.05) is 6.61 Å². The quantitative estimate of drug-likeness (QED) is 0.697. The van der Waals surface area contributed by atoms with Crippen molar-refractivity contribution in [2.45, 2.75) is 20.3 Å². The van der Waals surface area contributed by atoms with E-state index in [1.54, 1.807) is 26.1 Å². The SMILES string of the molecule is CCOC(=O)Cc1cnc(C)c(C#N)c1. The first-order valence-corrected chi connectivity index (χ1v) is 4.68. The third-order valence-corrected chi connectivity index (χ3v) is 1.92. The molecule has 0 saturated heterocycles. The first-order valence-electron chi connectivity index (χ1n) is 4.68. The lowest BCUT2D eigenvalue weighted by Gasteiger charge is -2.03. The zero-order valence-electron chi connectivity index (χ0n) is 8.78. The van der Waals surface area contributed by atoms with Crippen LogP contribution < -0.4 is 0 Å². The van der Waals surface area contributed by atoms with E-state index in [0.717, 1.165) is 0 Å². The Hall–Kier alpha value is -1.89. The third-order valence-electron chi connectivity index (χ3n) is 1.92. The summed E-state index contributed by atoms with van der Waals surface area (Å²) < 4.78 is 4.80. The summed E-state index contributed by atoms with van der Waals surface area (Å²) in [6.07, 6.45) is 1.75. The minimum absolute atomic E-state index is 0.162. The molecule has 0 bridgehead atoms. The van der Waals surface area contributed by atoms with E-state index in [1.807, 2.05) is 6.07 Å². The molecule has 15 heavy (non-hydrogen) atoms. The molecule has 1 aromatic heterocycles. The second kappa shape index (κ2) is 5.11. The van der Waals surface area contributed by atoms with E-state index in [4.69, 9.17) is 10.00 Å². The highest BCUT2D eigenvalue weighted by atomic mass is 16.5. The van der Waals surface area contributed by atoms with Gasteiger partial charge in [-0.15, -0.1) is 0 Å². The molecule has 0 aliphatic carbocycles. The Bertz CT molecular complexity index is 408. The first kappa shape index (κ1) is 11.2. The zero-order chi connectivity index (χ0) is 11.3. The molecule has 0 aliphatic heterocycles. The normalized spacial score (nSPS) is 9.40. The fourth-order valence-electron chi connectivity index (χ4n) is 1.16. The summed E-state index contributed by atoms with van der Waals surface area (Å²) >= 11 is 0. The molecule has 0 unspecified atom stereocenters. The number of aromatic nitrogens is 1. The Morgan fingerprint density at radius 3 is 3.00 bits per heavy atom. The van der Waals surface area contributed by atoms with Gasteiger partial charge in [-0.2, -0.15) is 5.26 Å². The van der Waals surface area contributed by atoms with Crippen LogP contribution in [0.15, 0.2) is 12.3 Å². The molecule has 0 N–H and O–H groups in total. The lowest BCUT2D eigenvalue weighted by molar-refractivity contribution is -0.142. The zero-order valence-corrected chi connectivity index (χ0v) is 8.78. The van der Waals surface area contributed by atoms with Gasteiger partial charge in [0.15, 0.2) is 0 Å². The van der Waals surface area contributed by atoms with Crippen LogP contribution in [0.4, 0.5) is 0 Å². The van der Waals surface area contributed by atoms with Gasteiger partial charge in [-0.1, -0.05) is 0 Å². The molecule has 4 nitrogen and oxygen atoms in total. The largest absolute Gasteiger partial charge is 0.466 e. The Balaban J connectivity index is 2.80. The molecule has 0 atom stereocenters. The summed E-state index contributed by atoms with van der Waals surface area (Å²) in [6.45, 7) is 3.88. The van der Waals surface area contributed by atoms with Crippen LogP contribution in [-0.4, -0.2) is 17.6 Å². The number of rotatable bonds is 3. The van der Waals surface area contributed by atoms with Gasteiger partial charge in [-0.05, 0) is 25.5 Å². The van der Waals surface area contributed by atoms with Gasteiger partial charge in [0.05, 0.1) is 24.3 Å². The van der Waals surface area contributed by atoms with Gasteiger partial charge in [-0.25, -0.2) is 0 Å². The molecule has 0 saturated carbocycles. The molecule has 0 amide bonds. The van der Waals surface area contributed by atoms with Gasteiger partial charge in [0.1, 0.15) is 6.07 Å². The monoisotopic (exact) mass is 204 g/mol. The van der Waals surface area contributed by atoms with Crippen LogP contribution in [0.2, 0.25) is 0 Å². The average Bonchev–Trinajstić information content (AvgIpc) is 2.21. The van der Waals surface area contributed by atoms with Gasteiger partial charge >= 0.3 is 5.97 Å². The molecule has 1 aromatic rings. The van der Waals surface area contributed by atoms with Crippen LogP contribution >= 0.6 is 0 Å². The highest BCUT2D eigenvalue weighted by Crippen LogP contribution is 2.07. The minimum atomic E-state index is -0.299. The fourth-order valence-corrected chi connectivity index (χ4v) is 1.16. The number of esters is 1. The van der Waals surface area contributed by atoms with Crippen molar-refractivity contribution >= 4 is 5.97 Å². The second-order valence-corrected chi connectivity index (χ2v) is 3.07. The molecule has 0 aromatic carbocycles. The number of nitriles is 1. The van der Waals surface area contributed by atoms with Gasteiger partial charge < -0.3 is 4.74 Å². The lowest BCUT2D eigenvalue weighted by Crippen LogP contribution is -2.08. The van der Waals surface area contributed by atoms with E-state index >= 15 is 0 Å². The Kier molecular flexibility index (Phi) is 3.81. The minimum Gasteiger partial charge on any atom is -0.466 e. The number of nitrogens with zero attached hydrogens (tertiary/aromatic N) is 2. The standard InChI is InChI=1S/C11H12N2O2/c1-3-15-11(14)5-9-4-10(6-12)8(2)13-7-9/h4,7H,3,5H2,1-2H3. The predicted octanol–water partition coefficient (Wildman–Crippen LogP) is 1.37. The van der Waals surface area contributed by atoms with E-state index in [0.29, 0.717) is 23.4 Å². The molecule has 0 fully saturated rings. The number of carbonyl (C=O) groups is 1. The Morgan fingerprint density at radius 1 is 1.67 bits per heavy atom. The van der Waals surface area contributed by atoms with Gasteiger partial charge in [0.2, 0.25) is 0 Å². The number of ether oxygens (including phenoxy) is 1. The lowest BCUT2D eigenvalue weighted by atomic mass is 10.1. The van der Waals surface area contributed by atoms with E-state index in [1.165, 1.54) is 0 Å². The van der Waals surface area contributed by atoms with Crippen LogP contribution in [0.3, 0.4) is 0 Å².